The predicted molar refractivity (Wildman–Crippen MR) is 65.8 cm³/mol. The molecule has 0 aromatic heterocycles. The quantitative estimate of drug-likeness (QED) is 0.638. The van der Waals surface area contributed by atoms with Crippen LogP contribution in [0.25, 0.3) is 0 Å². The molecule has 15 heavy (non-hydrogen) atoms. The summed E-state index contributed by atoms with van der Waals surface area (Å²) in [6, 6.07) is 0. The Morgan fingerprint density at radius 1 is 1.20 bits per heavy atom. The molecule has 90 valence electrons. The zero-order valence-electron chi connectivity index (χ0n) is 10.7. The molecule has 0 aliphatic heterocycles. The summed E-state index contributed by atoms with van der Waals surface area (Å²) in [7, 11) is 4.16. The third kappa shape index (κ3) is 6.93. The third-order valence-corrected chi connectivity index (χ3v) is 3.71. The van der Waals surface area contributed by atoms with Crippen molar-refractivity contribution in [2.24, 2.45) is 11.3 Å². The molecule has 0 rings (SSSR count). The van der Waals surface area contributed by atoms with Crippen LogP contribution >= 0.6 is 11.8 Å². The SMILES string of the molecule is C[NH2+]CC(C[NH2+]C)CSC(=O)C(C)(C)C. The van der Waals surface area contributed by atoms with Crippen LogP contribution in [0.2, 0.25) is 0 Å². The number of nitrogens with two attached hydrogens (primary N) is 2. The Kier molecular flexibility index (Phi) is 7.22. The van der Waals surface area contributed by atoms with Gasteiger partial charge in [-0.1, -0.05) is 32.5 Å². The van der Waals surface area contributed by atoms with E-state index >= 15 is 0 Å². The lowest BCUT2D eigenvalue weighted by Gasteiger charge is -2.17. The van der Waals surface area contributed by atoms with Crippen LogP contribution in [-0.4, -0.2) is 38.1 Å². The van der Waals surface area contributed by atoms with Crippen LogP contribution in [0.1, 0.15) is 20.8 Å². The average molecular weight is 234 g/mol. The first-order valence-corrected chi connectivity index (χ1v) is 6.63. The third-order valence-electron chi connectivity index (χ3n) is 2.20. The van der Waals surface area contributed by atoms with Gasteiger partial charge >= 0.3 is 0 Å². The van der Waals surface area contributed by atoms with Gasteiger partial charge in [0.05, 0.1) is 33.1 Å². The van der Waals surface area contributed by atoms with Gasteiger partial charge in [0.25, 0.3) is 0 Å². The summed E-state index contributed by atoms with van der Waals surface area (Å²) in [6.07, 6.45) is 0. The summed E-state index contributed by atoms with van der Waals surface area (Å²) in [5.74, 6) is 1.57. The van der Waals surface area contributed by atoms with Crippen molar-refractivity contribution >= 4 is 16.9 Å². The molecule has 0 saturated carbocycles. The van der Waals surface area contributed by atoms with E-state index in [1.807, 2.05) is 20.8 Å². The van der Waals surface area contributed by atoms with Gasteiger partial charge in [-0.15, -0.1) is 0 Å². The molecule has 0 heterocycles. The van der Waals surface area contributed by atoms with Crippen molar-refractivity contribution in [3.63, 3.8) is 0 Å². The van der Waals surface area contributed by atoms with Gasteiger partial charge in [-0.05, 0) is 0 Å². The van der Waals surface area contributed by atoms with Crippen LogP contribution in [0, 0.1) is 11.3 Å². The molecule has 0 aromatic rings. The molecule has 0 unspecified atom stereocenters. The van der Waals surface area contributed by atoms with E-state index in [-0.39, 0.29) is 5.41 Å². The number of hydrogen-bond acceptors (Lipinski definition) is 2. The number of hydrogen-bond donors (Lipinski definition) is 2. The topological polar surface area (TPSA) is 50.3 Å². The van der Waals surface area contributed by atoms with E-state index in [0.717, 1.165) is 18.8 Å². The molecule has 0 aromatic carbocycles. The summed E-state index contributed by atoms with van der Waals surface area (Å²) in [5.41, 5.74) is -0.207. The van der Waals surface area contributed by atoms with Gasteiger partial charge in [-0.25, -0.2) is 0 Å². The second-order valence-electron chi connectivity index (χ2n) is 5.00. The zero-order chi connectivity index (χ0) is 11.9. The minimum Gasteiger partial charge on any atom is -0.348 e. The highest BCUT2D eigenvalue weighted by molar-refractivity contribution is 8.13. The molecule has 0 saturated heterocycles. The summed E-state index contributed by atoms with van der Waals surface area (Å²) < 4.78 is 0. The van der Waals surface area contributed by atoms with Crippen molar-refractivity contribution in [2.75, 3.05) is 32.9 Å². The molecule has 0 amide bonds. The molecule has 3 nitrogen and oxygen atoms in total. The van der Waals surface area contributed by atoms with Gasteiger partial charge in [0.15, 0.2) is 5.12 Å². The fourth-order valence-electron chi connectivity index (χ4n) is 1.31. The number of thioether (sulfide) groups is 1. The Labute approximate surface area is 97.8 Å². The highest BCUT2D eigenvalue weighted by Gasteiger charge is 2.23. The minimum absolute atomic E-state index is 0.207. The van der Waals surface area contributed by atoms with E-state index in [1.165, 1.54) is 11.8 Å². The van der Waals surface area contributed by atoms with Gasteiger partial charge in [0.2, 0.25) is 0 Å². The first-order valence-electron chi connectivity index (χ1n) is 5.64. The largest absolute Gasteiger partial charge is 0.348 e. The number of quaternary nitrogens is 2. The Morgan fingerprint density at radius 2 is 1.67 bits per heavy atom. The van der Waals surface area contributed by atoms with Crippen LogP contribution in [-0.2, 0) is 4.79 Å². The molecule has 0 atom stereocenters. The first-order chi connectivity index (χ1) is 6.91. The van der Waals surface area contributed by atoms with Crippen molar-refractivity contribution in [1.82, 2.24) is 0 Å². The summed E-state index contributed by atoms with van der Waals surface area (Å²) >= 11 is 1.49. The number of rotatable bonds is 6. The molecular formula is C11H26N2OS+2. The molecular weight excluding hydrogens is 208 g/mol. The highest BCUT2D eigenvalue weighted by atomic mass is 32.2. The second-order valence-corrected chi connectivity index (χ2v) is 6.00. The van der Waals surface area contributed by atoms with E-state index in [4.69, 9.17) is 0 Å². The van der Waals surface area contributed by atoms with Crippen molar-refractivity contribution in [2.45, 2.75) is 20.8 Å². The molecule has 0 fully saturated rings. The number of carbonyl (C=O) groups is 1. The van der Waals surface area contributed by atoms with Crippen LogP contribution in [0.4, 0.5) is 0 Å². The second kappa shape index (κ2) is 7.25. The molecule has 0 aliphatic carbocycles. The highest BCUT2D eigenvalue weighted by Crippen LogP contribution is 2.23. The van der Waals surface area contributed by atoms with E-state index < -0.39 is 0 Å². The maximum absolute atomic E-state index is 11.7. The Bertz CT molecular complexity index is 184. The Balaban J connectivity index is 3.93. The van der Waals surface area contributed by atoms with Crippen LogP contribution in [0.5, 0.6) is 0 Å². The fourth-order valence-corrected chi connectivity index (χ4v) is 2.40. The van der Waals surface area contributed by atoms with E-state index in [0.29, 0.717) is 11.0 Å². The lowest BCUT2D eigenvalue weighted by atomic mass is 10.00. The summed E-state index contributed by atoms with van der Waals surface area (Å²) in [5, 5.41) is 4.69. The van der Waals surface area contributed by atoms with Crippen LogP contribution in [0.15, 0.2) is 0 Å². The molecule has 4 heteroatoms. The first kappa shape index (κ1) is 14.9. The van der Waals surface area contributed by atoms with E-state index in [1.54, 1.807) is 0 Å². The molecule has 4 N–H and O–H groups in total. The van der Waals surface area contributed by atoms with Crippen molar-refractivity contribution in [3.8, 4) is 0 Å². The number of carbonyl (C=O) groups excluding carboxylic acids is 1. The lowest BCUT2D eigenvalue weighted by molar-refractivity contribution is -0.663. The summed E-state index contributed by atoms with van der Waals surface area (Å²) in [6.45, 7) is 8.16. The lowest BCUT2D eigenvalue weighted by Crippen LogP contribution is -2.87. The predicted octanol–water partition coefficient (Wildman–Crippen LogP) is -0.705. The maximum atomic E-state index is 11.7. The fraction of sp³-hybridized carbons (Fsp3) is 0.909. The molecule has 0 spiro atoms. The van der Waals surface area contributed by atoms with Crippen LogP contribution in [0.3, 0.4) is 0 Å². The zero-order valence-corrected chi connectivity index (χ0v) is 11.5. The standard InChI is InChI=1S/C11H24N2OS/c1-11(2,3)10(14)15-8-9(6-12-4)7-13-5/h9,12-13H,6-8H2,1-5H3/p+2. The van der Waals surface area contributed by atoms with Gasteiger partial charge in [-0.2, -0.15) is 0 Å². The van der Waals surface area contributed by atoms with E-state index in [9.17, 15) is 4.79 Å². The van der Waals surface area contributed by atoms with Crippen molar-refractivity contribution in [3.05, 3.63) is 0 Å². The van der Waals surface area contributed by atoms with Gasteiger partial charge < -0.3 is 10.6 Å². The Hall–Kier alpha value is -0.0600. The maximum Gasteiger partial charge on any atom is 0.194 e. The molecule has 0 radical (unpaired) electrons. The van der Waals surface area contributed by atoms with Gasteiger partial charge in [0.1, 0.15) is 0 Å². The van der Waals surface area contributed by atoms with Gasteiger partial charge in [-0.3, -0.25) is 4.79 Å². The summed E-state index contributed by atoms with van der Waals surface area (Å²) in [4.78, 5) is 11.7. The van der Waals surface area contributed by atoms with Crippen LogP contribution < -0.4 is 10.6 Å². The van der Waals surface area contributed by atoms with Gasteiger partial charge in [0, 0.05) is 11.2 Å². The minimum atomic E-state index is -0.207. The monoisotopic (exact) mass is 234 g/mol. The van der Waals surface area contributed by atoms with Crippen molar-refractivity contribution < 1.29 is 15.4 Å². The smallest absolute Gasteiger partial charge is 0.194 e. The molecule has 0 bridgehead atoms. The molecule has 0 aliphatic rings. The van der Waals surface area contributed by atoms with Crippen molar-refractivity contribution in [1.29, 1.82) is 0 Å². The average Bonchev–Trinajstić information content (AvgIpc) is 2.12. The van der Waals surface area contributed by atoms with E-state index in [2.05, 4.69) is 24.7 Å². The normalized spacial score (nSPS) is 12.1. The Morgan fingerprint density at radius 3 is 2.00 bits per heavy atom.